The summed E-state index contributed by atoms with van der Waals surface area (Å²) in [6.45, 7) is 0.330. The fourth-order valence-electron chi connectivity index (χ4n) is 1.14. The molecule has 3 N–H and O–H groups in total. The molecular formula is C8H11BNO4S-. The van der Waals surface area contributed by atoms with Crippen LogP contribution in [0.15, 0.2) is 24.3 Å². The highest BCUT2D eigenvalue weighted by atomic mass is 32.2. The molecule has 1 aromatic rings. The minimum Gasteiger partial charge on any atom is -0.760 e. The van der Waals surface area contributed by atoms with Gasteiger partial charge in [0, 0.05) is 17.8 Å². The van der Waals surface area contributed by atoms with E-state index < -0.39 is 18.4 Å². The Morgan fingerprint density at radius 3 is 2.40 bits per heavy atom. The molecule has 5 nitrogen and oxygen atoms in total. The van der Waals surface area contributed by atoms with E-state index in [0.29, 0.717) is 18.4 Å². The summed E-state index contributed by atoms with van der Waals surface area (Å²) in [4.78, 5) is 0. The molecular weight excluding hydrogens is 217 g/mol. The summed E-state index contributed by atoms with van der Waals surface area (Å²) in [6.07, 6.45) is 0.565. The molecule has 0 radical (unpaired) electrons. The van der Waals surface area contributed by atoms with Gasteiger partial charge in [-0.3, -0.25) is 4.21 Å². The molecule has 0 amide bonds. The van der Waals surface area contributed by atoms with Crippen molar-refractivity contribution in [3.63, 3.8) is 0 Å². The predicted molar refractivity (Wildman–Crippen MR) is 56.9 cm³/mol. The van der Waals surface area contributed by atoms with E-state index in [9.17, 15) is 8.76 Å². The first-order valence-electron chi connectivity index (χ1n) is 4.37. The molecule has 0 aliphatic carbocycles. The second-order valence-corrected chi connectivity index (χ2v) is 3.75. The first-order chi connectivity index (χ1) is 7.09. The highest BCUT2D eigenvalue weighted by Crippen LogP contribution is 1.97. The highest BCUT2D eigenvalue weighted by Gasteiger charge is 2.09. The topological polar surface area (TPSA) is 92.6 Å². The Morgan fingerprint density at radius 2 is 1.93 bits per heavy atom. The van der Waals surface area contributed by atoms with Crippen LogP contribution in [-0.2, 0) is 17.7 Å². The van der Waals surface area contributed by atoms with Crippen LogP contribution in [0.1, 0.15) is 5.56 Å². The van der Waals surface area contributed by atoms with Crippen molar-refractivity contribution in [2.24, 2.45) is 0 Å². The van der Waals surface area contributed by atoms with Gasteiger partial charge in [0.25, 0.3) is 0 Å². The monoisotopic (exact) mass is 228 g/mol. The van der Waals surface area contributed by atoms with E-state index in [2.05, 4.69) is 4.72 Å². The van der Waals surface area contributed by atoms with E-state index in [1.165, 1.54) is 0 Å². The van der Waals surface area contributed by atoms with Gasteiger partial charge in [0.1, 0.15) is 0 Å². The lowest BCUT2D eigenvalue weighted by Crippen LogP contribution is -2.29. The predicted octanol–water partition coefficient (Wildman–Crippen LogP) is -1.71. The molecule has 7 heteroatoms. The zero-order valence-corrected chi connectivity index (χ0v) is 8.74. The lowest BCUT2D eigenvalue weighted by atomic mass is 9.80. The van der Waals surface area contributed by atoms with Crippen molar-refractivity contribution in [3.8, 4) is 0 Å². The third kappa shape index (κ3) is 4.54. The van der Waals surface area contributed by atoms with Gasteiger partial charge >= 0.3 is 7.12 Å². The lowest BCUT2D eigenvalue weighted by Gasteiger charge is -2.07. The van der Waals surface area contributed by atoms with Crippen LogP contribution in [0.3, 0.4) is 0 Å². The largest absolute Gasteiger partial charge is 0.760 e. The summed E-state index contributed by atoms with van der Waals surface area (Å²) in [7, 11) is -1.47. The molecule has 0 aromatic heterocycles. The molecule has 0 aliphatic rings. The molecule has 0 aliphatic heterocycles. The van der Waals surface area contributed by atoms with Crippen LogP contribution in [0.2, 0.25) is 0 Å². The minimum absolute atomic E-state index is 0.330. The quantitative estimate of drug-likeness (QED) is 0.413. The fraction of sp³-hybridized carbons (Fsp3) is 0.250. The van der Waals surface area contributed by atoms with E-state index in [1.54, 1.807) is 24.3 Å². The molecule has 1 aromatic carbocycles. The van der Waals surface area contributed by atoms with Gasteiger partial charge in [0.2, 0.25) is 0 Å². The first-order valence-corrected chi connectivity index (χ1v) is 5.45. The Balaban J connectivity index is 2.46. The third-order valence-electron chi connectivity index (χ3n) is 1.91. The van der Waals surface area contributed by atoms with Crippen LogP contribution in [-0.4, -0.2) is 32.5 Å². The summed E-state index contributed by atoms with van der Waals surface area (Å²) >= 11 is -2.23. The van der Waals surface area contributed by atoms with Gasteiger partial charge in [-0.25, -0.2) is 4.72 Å². The Labute approximate surface area is 90.7 Å². The van der Waals surface area contributed by atoms with E-state index >= 15 is 0 Å². The molecule has 15 heavy (non-hydrogen) atoms. The fourth-order valence-corrected chi connectivity index (χ4v) is 1.40. The minimum atomic E-state index is -2.23. The lowest BCUT2D eigenvalue weighted by molar-refractivity contribution is 0.426. The Bertz CT molecular complexity index is 330. The van der Waals surface area contributed by atoms with Crippen LogP contribution >= 0.6 is 0 Å². The van der Waals surface area contributed by atoms with Crippen LogP contribution in [0.5, 0.6) is 0 Å². The SMILES string of the molecule is O=S([O-])NCCc1ccc(B(O)O)cc1. The molecule has 0 bridgehead atoms. The standard InChI is InChI=1S/C8H12BNO4S/c11-9(12)8-3-1-7(2-4-8)5-6-10-15(13)14/h1-4,10-12H,5-6H2,(H,13,14)/p-1. The normalized spacial score (nSPS) is 12.5. The maximum atomic E-state index is 10.2. The smallest absolute Gasteiger partial charge is 0.488 e. The van der Waals surface area contributed by atoms with Crippen molar-refractivity contribution in [3.05, 3.63) is 29.8 Å². The Morgan fingerprint density at radius 1 is 1.33 bits per heavy atom. The highest BCUT2D eigenvalue weighted by molar-refractivity contribution is 7.77. The second-order valence-electron chi connectivity index (χ2n) is 2.99. The zero-order valence-electron chi connectivity index (χ0n) is 7.92. The first kappa shape index (κ1) is 12.3. The van der Waals surface area contributed by atoms with E-state index in [0.717, 1.165) is 5.56 Å². The zero-order chi connectivity index (χ0) is 11.3. The van der Waals surface area contributed by atoms with Gasteiger partial charge in [0.05, 0.1) is 0 Å². The van der Waals surface area contributed by atoms with Gasteiger partial charge in [-0.2, -0.15) is 0 Å². The van der Waals surface area contributed by atoms with Crippen LogP contribution in [0.25, 0.3) is 0 Å². The van der Waals surface area contributed by atoms with Gasteiger partial charge < -0.3 is 14.6 Å². The number of hydrogen-bond acceptors (Lipinski definition) is 4. The molecule has 0 saturated carbocycles. The van der Waals surface area contributed by atoms with Crippen molar-refractivity contribution >= 4 is 23.8 Å². The van der Waals surface area contributed by atoms with Gasteiger partial charge in [0.15, 0.2) is 0 Å². The summed E-state index contributed by atoms with van der Waals surface area (Å²) < 4.78 is 22.6. The van der Waals surface area contributed by atoms with E-state index in [4.69, 9.17) is 10.0 Å². The number of benzene rings is 1. The average molecular weight is 228 g/mol. The van der Waals surface area contributed by atoms with Gasteiger partial charge in [-0.15, -0.1) is 0 Å². The summed E-state index contributed by atoms with van der Waals surface area (Å²) in [6, 6.07) is 6.64. The van der Waals surface area contributed by atoms with Crippen LogP contribution in [0.4, 0.5) is 0 Å². The van der Waals surface area contributed by atoms with Gasteiger partial charge in [-0.05, 0) is 17.4 Å². The van der Waals surface area contributed by atoms with Crippen molar-refractivity contribution in [1.82, 2.24) is 4.72 Å². The number of hydrogen-bond donors (Lipinski definition) is 3. The van der Waals surface area contributed by atoms with Crippen molar-refractivity contribution in [2.75, 3.05) is 6.54 Å². The number of nitrogens with one attached hydrogen (secondary N) is 1. The average Bonchev–Trinajstić information content (AvgIpc) is 2.18. The molecule has 0 fully saturated rings. The maximum absolute atomic E-state index is 10.2. The summed E-state index contributed by atoms with van der Waals surface area (Å²) in [5.74, 6) is 0. The van der Waals surface area contributed by atoms with Crippen LogP contribution in [0, 0.1) is 0 Å². The molecule has 82 valence electrons. The van der Waals surface area contributed by atoms with Crippen molar-refractivity contribution in [2.45, 2.75) is 6.42 Å². The van der Waals surface area contributed by atoms with Gasteiger partial charge in [-0.1, -0.05) is 24.3 Å². The molecule has 1 unspecified atom stereocenters. The maximum Gasteiger partial charge on any atom is 0.488 e. The summed E-state index contributed by atoms with van der Waals surface area (Å²) in [5, 5.41) is 17.7. The molecule has 0 saturated heterocycles. The second kappa shape index (κ2) is 5.99. The van der Waals surface area contributed by atoms with Crippen molar-refractivity contribution in [1.29, 1.82) is 0 Å². The molecule has 0 spiro atoms. The Kier molecular flexibility index (Phi) is 4.93. The van der Waals surface area contributed by atoms with E-state index in [1.807, 2.05) is 0 Å². The molecule has 0 heterocycles. The third-order valence-corrected chi connectivity index (χ3v) is 2.35. The van der Waals surface area contributed by atoms with Crippen molar-refractivity contribution < 1.29 is 18.8 Å². The Hall–Kier alpha value is -0.725. The molecule has 1 rings (SSSR count). The summed E-state index contributed by atoms with van der Waals surface area (Å²) in [5.41, 5.74) is 1.34. The van der Waals surface area contributed by atoms with Crippen LogP contribution < -0.4 is 10.2 Å². The number of rotatable bonds is 5. The van der Waals surface area contributed by atoms with E-state index in [-0.39, 0.29) is 0 Å². The molecule has 1 atom stereocenters.